The molecule has 1 aromatic heterocycles. The van der Waals surface area contributed by atoms with Crippen LogP contribution in [0, 0.1) is 16.7 Å². The van der Waals surface area contributed by atoms with E-state index in [0.717, 1.165) is 37.1 Å². The van der Waals surface area contributed by atoms with Gasteiger partial charge in [-0.25, -0.2) is 0 Å². The number of fused-ring (bicyclic) bond motifs is 1. The zero-order valence-corrected chi connectivity index (χ0v) is 14.5. The number of nitriles is 1. The van der Waals surface area contributed by atoms with E-state index in [1.807, 2.05) is 0 Å². The summed E-state index contributed by atoms with van der Waals surface area (Å²) in [4.78, 5) is 30.5. The number of nitrogens with zero attached hydrogens (tertiary/aromatic N) is 3. The molecule has 1 saturated heterocycles. The van der Waals surface area contributed by atoms with Gasteiger partial charge >= 0.3 is 0 Å². The highest BCUT2D eigenvalue weighted by molar-refractivity contribution is 6.10. The van der Waals surface area contributed by atoms with Crippen molar-refractivity contribution in [2.75, 3.05) is 13.1 Å². The monoisotopic (exact) mass is 335 g/mol. The number of rotatable bonds is 2. The highest BCUT2D eigenvalue weighted by atomic mass is 16.1. The summed E-state index contributed by atoms with van der Waals surface area (Å²) >= 11 is 0. The summed E-state index contributed by atoms with van der Waals surface area (Å²) in [6, 6.07) is 3.88. The molecule has 5 nitrogen and oxygen atoms in total. The highest BCUT2D eigenvalue weighted by Gasteiger charge is 2.41. The molecular weight excluding hydrogens is 314 g/mol. The van der Waals surface area contributed by atoms with Crippen LogP contribution in [0.4, 0.5) is 0 Å². The van der Waals surface area contributed by atoms with E-state index in [1.165, 1.54) is 26.2 Å². The Bertz CT molecular complexity index is 833. The molecule has 5 heteroatoms. The summed E-state index contributed by atoms with van der Waals surface area (Å²) in [7, 11) is 0. The van der Waals surface area contributed by atoms with Gasteiger partial charge < -0.3 is 4.90 Å². The summed E-state index contributed by atoms with van der Waals surface area (Å²) in [6.07, 6.45) is 7.96. The molecule has 0 amide bonds. The minimum atomic E-state index is -0.147. The number of carbonyl (C=O) groups excluding carboxylic acids is 2. The van der Waals surface area contributed by atoms with Gasteiger partial charge in [-0.15, -0.1) is 0 Å². The maximum Gasteiger partial charge on any atom is 0.179 e. The molecule has 2 fully saturated rings. The van der Waals surface area contributed by atoms with Crippen LogP contribution in [-0.4, -0.2) is 34.5 Å². The minimum absolute atomic E-state index is 0.107. The summed E-state index contributed by atoms with van der Waals surface area (Å²) in [5.74, 6) is -0.254. The van der Waals surface area contributed by atoms with Crippen molar-refractivity contribution in [2.45, 2.75) is 45.4 Å². The highest BCUT2D eigenvalue weighted by Crippen LogP contribution is 2.50. The van der Waals surface area contributed by atoms with E-state index in [9.17, 15) is 14.9 Å². The first-order valence-corrected chi connectivity index (χ1v) is 8.96. The molecule has 1 saturated carbocycles. The molecule has 1 aliphatic heterocycles. The van der Waals surface area contributed by atoms with Gasteiger partial charge in [-0.05, 0) is 42.7 Å². The maximum atomic E-state index is 12.5. The van der Waals surface area contributed by atoms with Gasteiger partial charge in [0.1, 0.15) is 17.3 Å². The van der Waals surface area contributed by atoms with Crippen LogP contribution >= 0.6 is 0 Å². The van der Waals surface area contributed by atoms with Crippen molar-refractivity contribution < 1.29 is 9.59 Å². The molecule has 3 aliphatic rings. The predicted octanol–water partition coefficient (Wildman–Crippen LogP) is 2.91. The third-order valence-corrected chi connectivity index (χ3v) is 6.14. The van der Waals surface area contributed by atoms with Crippen LogP contribution in [0.2, 0.25) is 0 Å². The first kappa shape index (κ1) is 16.0. The number of ketones is 2. The van der Waals surface area contributed by atoms with Gasteiger partial charge in [0.2, 0.25) is 0 Å². The van der Waals surface area contributed by atoms with Crippen LogP contribution in [0.25, 0.3) is 5.70 Å². The summed E-state index contributed by atoms with van der Waals surface area (Å²) in [6.45, 7) is 3.22. The standard InChI is InChI=1S/C20H21N3O2/c1-13(24)17-10-15-14(12-22-17)9-18(25)16(11-21)19(15)23-7-5-20(6-8-23)3-2-4-20/h10,12H,2-9H2,1H3. The number of hydrogen-bond donors (Lipinski definition) is 0. The number of likely N-dealkylation sites (tertiary alicyclic amines) is 1. The Kier molecular flexibility index (Phi) is 3.72. The average molecular weight is 335 g/mol. The van der Waals surface area contributed by atoms with Crippen molar-refractivity contribution in [3.05, 3.63) is 34.7 Å². The second-order valence-electron chi connectivity index (χ2n) is 7.56. The van der Waals surface area contributed by atoms with E-state index in [2.05, 4.69) is 16.0 Å². The number of carbonyl (C=O) groups is 2. The van der Waals surface area contributed by atoms with Crippen LogP contribution in [-0.2, 0) is 11.2 Å². The zero-order chi connectivity index (χ0) is 17.6. The number of hydrogen-bond acceptors (Lipinski definition) is 5. The number of piperidine rings is 1. The number of allylic oxidation sites excluding steroid dienone is 1. The average Bonchev–Trinajstić information content (AvgIpc) is 2.59. The van der Waals surface area contributed by atoms with Crippen LogP contribution < -0.4 is 0 Å². The van der Waals surface area contributed by atoms with Gasteiger partial charge in [0, 0.05) is 38.2 Å². The fraction of sp³-hybridized carbons (Fsp3) is 0.500. The fourth-order valence-electron chi connectivity index (χ4n) is 4.39. The largest absolute Gasteiger partial charge is 0.370 e. The summed E-state index contributed by atoms with van der Waals surface area (Å²) < 4.78 is 0. The molecule has 0 aromatic carbocycles. The van der Waals surface area contributed by atoms with Gasteiger partial charge in [-0.1, -0.05) is 6.42 Å². The summed E-state index contributed by atoms with van der Waals surface area (Å²) in [5.41, 5.74) is 3.48. The van der Waals surface area contributed by atoms with E-state index in [4.69, 9.17) is 0 Å². The first-order chi connectivity index (χ1) is 12.0. The lowest BCUT2D eigenvalue weighted by molar-refractivity contribution is -0.114. The molecule has 25 heavy (non-hydrogen) atoms. The van der Waals surface area contributed by atoms with E-state index in [0.29, 0.717) is 16.8 Å². The Morgan fingerprint density at radius 2 is 2.00 bits per heavy atom. The maximum absolute atomic E-state index is 12.5. The lowest BCUT2D eigenvalue weighted by atomic mass is 9.63. The summed E-state index contributed by atoms with van der Waals surface area (Å²) in [5, 5.41) is 9.59. The van der Waals surface area contributed by atoms with Gasteiger partial charge in [-0.3, -0.25) is 14.6 Å². The van der Waals surface area contributed by atoms with Gasteiger partial charge in [0.05, 0.1) is 5.70 Å². The SMILES string of the molecule is CC(=O)c1cc2c(cn1)CC(=O)C(C#N)=C2N1CCC2(CCC2)CC1. The molecule has 2 heterocycles. The van der Waals surface area contributed by atoms with Crippen molar-refractivity contribution in [1.29, 1.82) is 5.26 Å². The number of aromatic nitrogens is 1. The Hall–Kier alpha value is -2.48. The Morgan fingerprint density at radius 1 is 1.28 bits per heavy atom. The molecule has 0 N–H and O–H groups in total. The second kappa shape index (κ2) is 5.80. The van der Waals surface area contributed by atoms with Crippen molar-refractivity contribution in [2.24, 2.45) is 5.41 Å². The fourth-order valence-corrected chi connectivity index (χ4v) is 4.39. The molecule has 0 atom stereocenters. The molecule has 0 bridgehead atoms. The van der Waals surface area contributed by atoms with Crippen LogP contribution in [0.1, 0.15) is 60.6 Å². The molecular formula is C20H21N3O2. The molecule has 128 valence electrons. The lowest BCUT2D eigenvalue weighted by Crippen LogP contribution is -2.43. The van der Waals surface area contributed by atoms with Crippen LogP contribution in [0.3, 0.4) is 0 Å². The Morgan fingerprint density at radius 3 is 2.56 bits per heavy atom. The van der Waals surface area contributed by atoms with E-state index in [-0.39, 0.29) is 23.6 Å². The molecule has 0 radical (unpaired) electrons. The van der Waals surface area contributed by atoms with Crippen LogP contribution in [0.5, 0.6) is 0 Å². The Labute approximate surface area is 147 Å². The number of Topliss-reactive ketones (excluding diaryl/α,β-unsaturated/α-hetero) is 2. The van der Waals surface area contributed by atoms with Crippen molar-refractivity contribution in [1.82, 2.24) is 9.88 Å². The van der Waals surface area contributed by atoms with Gasteiger partial charge in [-0.2, -0.15) is 5.26 Å². The van der Waals surface area contributed by atoms with Gasteiger partial charge in [0.25, 0.3) is 0 Å². The van der Waals surface area contributed by atoms with Crippen molar-refractivity contribution >= 4 is 17.3 Å². The van der Waals surface area contributed by atoms with Crippen molar-refractivity contribution in [3.8, 4) is 6.07 Å². The van der Waals surface area contributed by atoms with Crippen LogP contribution in [0.15, 0.2) is 17.8 Å². The second-order valence-corrected chi connectivity index (χ2v) is 7.56. The minimum Gasteiger partial charge on any atom is -0.370 e. The van der Waals surface area contributed by atoms with E-state index >= 15 is 0 Å². The third kappa shape index (κ3) is 2.57. The van der Waals surface area contributed by atoms with Crippen molar-refractivity contribution in [3.63, 3.8) is 0 Å². The molecule has 0 unspecified atom stereocenters. The predicted molar refractivity (Wildman–Crippen MR) is 92.6 cm³/mol. The normalized spacial score (nSPS) is 21.6. The molecule has 1 spiro atoms. The van der Waals surface area contributed by atoms with E-state index < -0.39 is 0 Å². The van der Waals surface area contributed by atoms with Gasteiger partial charge in [0.15, 0.2) is 11.6 Å². The zero-order valence-electron chi connectivity index (χ0n) is 14.5. The topological polar surface area (TPSA) is 74.1 Å². The molecule has 1 aromatic rings. The lowest BCUT2D eigenvalue weighted by Gasteiger charge is -2.49. The Balaban J connectivity index is 1.75. The first-order valence-electron chi connectivity index (χ1n) is 8.96. The molecule has 4 rings (SSSR count). The number of pyridine rings is 1. The third-order valence-electron chi connectivity index (χ3n) is 6.14. The quantitative estimate of drug-likeness (QED) is 0.777. The smallest absolute Gasteiger partial charge is 0.179 e. The molecule has 2 aliphatic carbocycles. The van der Waals surface area contributed by atoms with E-state index in [1.54, 1.807) is 12.3 Å².